The van der Waals surface area contributed by atoms with E-state index in [4.69, 9.17) is 0 Å². The summed E-state index contributed by atoms with van der Waals surface area (Å²) < 4.78 is 0. The first-order valence-corrected chi connectivity index (χ1v) is 7.30. The molecule has 2 aliphatic rings. The lowest BCUT2D eigenvalue weighted by molar-refractivity contribution is -0.138. The van der Waals surface area contributed by atoms with Crippen molar-refractivity contribution in [1.29, 1.82) is 0 Å². The monoisotopic (exact) mass is 253 g/mol. The normalized spacial score (nSPS) is 35.8. The van der Waals surface area contributed by atoms with Crippen LogP contribution in [-0.2, 0) is 4.79 Å². The van der Waals surface area contributed by atoms with Crippen LogP contribution in [0.3, 0.4) is 0 Å². The van der Waals surface area contributed by atoms with Crippen molar-refractivity contribution in [3.05, 3.63) is 0 Å². The molecule has 4 heteroatoms. The third kappa shape index (κ3) is 2.69. The van der Waals surface area contributed by atoms with Crippen LogP contribution < -0.4 is 5.32 Å². The van der Waals surface area contributed by atoms with E-state index >= 15 is 0 Å². The van der Waals surface area contributed by atoms with Crippen molar-refractivity contribution in [2.24, 2.45) is 0 Å². The summed E-state index contributed by atoms with van der Waals surface area (Å²) in [7, 11) is 0. The summed E-state index contributed by atoms with van der Waals surface area (Å²) in [6.07, 6.45) is 2.44. The zero-order valence-corrected chi connectivity index (χ0v) is 12.1. The van der Waals surface area contributed by atoms with E-state index in [2.05, 4.69) is 37.9 Å². The zero-order valence-electron chi connectivity index (χ0n) is 12.1. The largest absolute Gasteiger partial charge is 0.339 e. The molecule has 4 atom stereocenters. The van der Waals surface area contributed by atoms with Crippen molar-refractivity contribution < 1.29 is 4.79 Å². The van der Waals surface area contributed by atoms with Gasteiger partial charge in [-0.15, -0.1) is 0 Å². The highest BCUT2D eigenvalue weighted by atomic mass is 16.2. The Bertz CT molecular complexity index is 297. The molecule has 0 aliphatic carbocycles. The van der Waals surface area contributed by atoms with Crippen LogP contribution in [0.2, 0.25) is 0 Å². The van der Waals surface area contributed by atoms with Gasteiger partial charge in [-0.2, -0.15) is 0 Å². The summed E-state index contributed by atoms with van der Waals surface area (Å²) in [5.41, 5.74) is 0. The number of likely N-dealkylation sites (tertiary alicyclic amines) is 1. The van der Waals surface area contributed by atoms with E-state index in [-0.39, 0.29) is 6.04 Å². The van der Waals surface area contributed by atoms with Crippen LogP contribution in [0.4, 0.5) is 0 Å². The zero-order chi connectivity index (χ0) is 13.3. The maximum atomic E-state index is 12.6. The quantitative estimate of drug-likeness (QED) is 0.799. The Hall–Kier alpha value is -0.610. The molecule has 0 spiro atoms. The molecular weight excluding hydrogens is 226 g/mol. The molecule has 0 bridgehead atoms. The topological polar surface area (TPSA) is 35.6 Å². The van der Waals surface area contributed by atoms with E-state index in [1.54, 1.807) is 0 Å². The molecule has 0 aromatic heterocycles. The van der Waals surface area contributed by atoms with Crippen molar-refractivity contribution in [1.82, 2.24) is 15.1 Å². The van der Waals surface area contributed by atoms with Gasteiger partial charge < -0.3 is 10.2 Å². The van der Waals surface area contributed by atoms with E-state index in [9.17, 15) is 4.79 Å². The van der Waals surface area contributed by atoms with Crippen LogP contribution in [0.1, 0.15) is 40.5 Å². The lowest BCUT2D eigenvalue weighted by atomic mass is 10.1. The molecule has 2 heterocycles. The van der Waals surface area contributed by atoms with Crippen LogP contribution >= 0.6 is 0 Å². The van der Waals surface area contributed by atoms with Crippen LogP contribution in [0, 0.1) is 0 Å². The van der Waals surface area contributed by atoms with Crippen molar-refractivity contribution in [3.8, 4) is 0 Å². The molecule has 2 rings (SSSR count). The molecule has 2 saturated heterocycles. The van der Waals surface area contributed by atoms with Gasteiger partial charge >= 0.3 is 0 Å². The minimum atomic E-state index is 0.0304. The first-order valence-electron chi connectivity index (χ1n) is 7.30. The molecule has 0 radical (unpaired) electrons. The third-order valence-electron chi connectivity index (χ3n) is 4.51. The highest BCUT2D eigenvalue weighted by molar-refractivity contribution is 5.81. The SMILES string of the molecule is CC1CCC(C)N1C(C)C(=O)N1CCN[C@@H](C)C1. The number of carbonyl (C=O) groups is 1. The molecular formula is C14H27N3O. The molecule has 2 fully saturated rings. The first kappa shape index (κ1) is 13.8. The van der Waals surface area contributed by atoms with Crippen molar-refractivity contribution in [3.63, 3.8) is 0 Å². The Kier molecular flexibility index (Phi) is 4.28. The standard InChI is InChI=1S/C14H27N3O/c1-10-9-16(8-7-15-10)14(18)13(4)17-11(2)5-6-12(17)3/h10-13,15H,5-9H2,1-4H3/t10-,11?,12?,13?/m0/s1. The number of nitrogens with zero attached hydrogens (tertiary/aromatic N) is 2. The Morgan fingerprint density at radius 1 is 1.22 bits per heavy atom. The predicted molar refractivity (Wildman–Crippen MR) is 73.5 cm³/mol. The summed E-state index contributed by atoms with van der Waals surface area (Å²) in [6, 6.07) is 1.53. The van der Waals surface area contributed by atoms with E-state index in [1.807, 2.05) is 4.90 Å². The molecule has 0 saturated carbocycles. The minimum absolute atomic E-state index is 0.0304. The second-order valence-corrected chi connectivity index (χ2v) is 6.04. The predicted octanol–water partition coefficient (Wildman–Crippen LogP) is 1.07. The second kappa shape index (κ2) is 5.57. The Morgan fingerprint density at radius 2 is 1.83 bits per heavy atom. The van der Waals surface area contributed by atoms with E-state index in [0.717, 1.165) is 19.6 Å². The van der Waals surface area contributed by atoms with Gasteiger partial charge in [-0.1, -0.05) is 0 Å². The molecule has 0 aromatic carbocycles. The second-order valence-electron chi connectivity index (χ2n) is 6.04. The van der Waals surface area contributed by atoms with Gasteiger partial charge in [-0.3, -0.25) is 9.69 Å². The Labute approximate surface area is 111 Å². The highest BCUT2D eigenvalue weighted by Gasteiger charge is 2.36. The van der Waals surface area contributed by atoms with Crippen LogP contribution in [-0.4, -0.2) is 59.5 Å². The number of nitrogens with one attached hydrogen (secondary N) is 1. The summed E-state index contributed by atoms with van der Waals surface area (Å²) in [4.78, 5) is 17.0. The van der Waals surface area contributed by atoms with Gasteiger partial charge in [0.05, 0.1) is 6.04 Å². The fraction of sp³-hybridized carbons (Fsp3) is 0.929. The van der Waals surface area contributed by atoms with Crippen LogP contribution in [0.5, 0.6) is 0 Å². The number of carbonyl (C=O) groups excluding carboxylic acids is 1. The maximum absolute atomic E-state index is 12.6. The van der Waals surface area contributed by atoms with E-state index < -0.39 is 0 Å². The van der Waals surface area contributed by atoms with Gasteiger partial charge in [-0.25, -0.2) is 0 Å². The van der Waals surface area contributed by atoms with Crippen molar-refractivity contribution in [2.75, 3.05) is 19.6 Å². The number of rotatable bonds is 2. The van der Waals surface area contributed by atoms with Gasteiger partial charge in [-0.05, 0) is 40.5 Å². The van der Waals surface area contributed by atoms with Gasteiger partial charge in [0.25, 0.3) is 0 Å². The number of hydrogen-bond donors (Lipinski definition) is 1. The van der Waals surface area contributed by atoms with Crippen molar-refractivity contribution >= 4 is 5.91 Å². The fourth-order valence-electron chi connectivity index (χ4n) is 3.50. The van der Waals surface area contributed by atoms with Gasteiger partial charge in [0, 0.05) is 37.8 Å². The third-order valence-corrected chi connectivity index (χ3v) is 4.51. The number of piperazine rings is 1. The molecule has 1 amide bonds. The summed E-state index contributed by atoms with van der Waals surface area (Å²) in [5, 5.41) is 3.39. The van der Waals surface area contributed by atoms with Gasteiger partial charge in [0.2, 0.25) is 5.91 Å². The lowest BCUT2D eigenvalue weighted by Gasteiger charge is -2.38. The van der Waals surface area contributed by atoms with Crippen molar-refractivity contribution in [2.45, 2.75) is 64.7 Å². The number of hydrogen-bond acceptors (Lipinski definition) is 3. The van der Waals surface area contributed by atoms with E-state index in [0.29, 0.717) is 24.0 Å². The molecule has 1 N–H and O–H groups in total. The molecule has 2 aliphatic heterocycles. The van der Waals surface area contributed by atoms with Crippen LogP contribution in [0.25, 0.3) is 0 Å². The lowest BCUT2D eigenvalue weighted by Crippen LogP contribution is -2.57. The Morgan fingerprint density at radius 3 is 2.39 bits per heavy atom. The molecule has 104 valence electrons. The van der Waals surface area contributed by atoms with Gasteiger partial charge in [0.15, 0.2) is 0 Å². The fourth-order valence-corrected chi connectivity index (χ4v) is 3.50. The number of amides is 1. The average molecular weight is 253 g/mol. The van der Waals surface area contributed by atoms with Gasteiger partial charge in [0.1, 0.15) is 0 Å². The first-order chi connectivity index (χ1) is 8.50. The maximum Gasteiger partial charge on any atom is 0.239 e. The summed E-state index contributed by atoms with van der Waals surface area (Å²) in [5.74, 6) is 0.309. The Balaban J connectivity index is 1.99. The molecule has 3 unspecified atom stereocenters. The van der Waals surface area contributed by atoms with Crippen LogP contribution in [0.15, 0.2) is 0 Å². The molecule has 0 aromatic rings. The highest BCUT2D eigenvalue weighted by Crippen LogP contribution is 2.26. The molecule has 4 nitrogen and oxygen atoms in total. The minimum Gasteiger partial charge on any atom is -0.339 e. The van der Waals surface area contributed by atoms with E-state index in [1.165, 1.54) is 12.8 Å². The smallest absolute Gasteiger partial charge is 0.239 e. The summed E-state index contributed by atoms with van der Waals surface area (Å²) >= 11 is 0. The summed E-state index contributed by atoms with van der Waals surface area (Å²) in [6.45, 7) is 11.3. The average Bonchev–Trinajstić information content (AvgIpc) is 2.67. The molecule has 18 heavy (non-hydrogen) atoms.